The fourth-order valence-corrected chi connectivity index (χ4v) is 4.50. The molecule has 1 amide bonds. The Hall–Kier alpha value is -3.96. The summed E-state index contributed by atoms with van der Waals surface area (Å²) in [6, 6.07) is 22.2. The molecule has 0 fully saturated rings. The molecule has 0 N–H and O–H groups in total. The lowest BCUT2D eigenvalue weighted by molar-refractivity contribution is -0.116. The maximum Gasteiger partial charge on any atom is 0.266 e. The van der Waals surface area contributed by atoms with Gasteiger partial charge in [-0.2, -0.15) is 5.26 Å². The van der Waals surface area contributed by atoms with Gasteiger partial charge in [0.2, 0.25) is 5.91 Å². The number of carbonyl (C=O) groups excluding carboxylic acids is 1. The van der Waals surface area contributed by atoms with Crippen LogP contribution >= 0.6 is 11.8 Å². The van der Waals surface area contributed by atoms with E-state index < -0.39 is 5.82 Å². The van der Waals surface area contributed by atoms with Gasteiger partial charge in [-0.05, 0) is 55.0 Å². The third kappa shape index (κ3) is 4.85. The Balaban J connectivity index is 1.71. The molecule has 0 aliphatic heterocycles. The van der Waals surface area contributed by atoms with E-state index in [1.807, 2.05) is 43.3 Å². The molecule has 34 heavy (non-hydrogen) atoms. The van der Waals surface area contributed by atoms with Crippen LogP contribution in [0.15, 0.2) is 82.7 Å². The van der Waals surface area contributed by atoms with Crippen LogP contribution in [-0.2, 0) is 4.79 Å². The van der Waals surface area contributed by atoms with Crippen molar-refractivity contribution < 1.29 is 9.18 Å². The molecule has 0 saturated heterocycles. The second kappa shape index (κ2) is 10.3. The Bertz CT molecular complexity index is 1440. The smallest absolute Gasteiger partial charge is 0.266 e. The van der Waals surface area contributed by atoms with Crippen molar-refractivity contribution in [3.63, 3.8) is 0 Å². The van der Waals surface area contributed by atoms with E-state index in [0.29, 0.717) is 27.4 Å². The second-order valence-electron chi connectivity index (χ2n) is 7.56. The van der Waals surface area contributed by atoms with Crippen LogP contribution in [0.5, 0.6) is 0 Å². The van der Waals surface area contributed by atoms with Gasteiger partial charge in [-0.15, -0.1) is 0 Å². The minimum absolute atomic E-state index is 0.0144. The molecule has 4 aromatic rings. The molecule has 8 heteroatoms. The van der Waals surface area contributed by atoms with Gasteiger partial charge in [-0.3, -0.25) is 14.2 Å². The van der Waals surface area contributed by atoms with Crippen LogP contribution < -0.4 is 10.5 Å². The zero-order valence-corrected chi connectivity index (χ0v) is 19.3. The van der Waals surface area contributed by atoms with Crippen molar-refractivity contribution in [1.82, 2.24) is 9.55 Å². The van der Waals surface area contributed by atoms with E-state index in [1.54, 1.807) is 18.2 Å². The highest BCUT2D eigenvalue weighted by atomic mass is 32.2. The molecule has 0 radical (unpaired) electrons. The van der Waals surface area contributed by atoms with Crippen molar-refractivity contribution in [3.05, 3.63) is 94.5 Å². The summed E-state index contributed by atoms with van der Waals surface area (Å²) in [6.07, 6.45) is 0.135. The molecule has 0 bridgehead atoms. The molecule has 0 spiro atoms. The Morgan fingerprint density at radius 1 is 1.09 bits per heavy atom. The lowest BCUT2D eigenvalue weighted by Crippen LogP contribution is -2.33. The van der Waals surface area contributed by atoms with E-state index >= 15 is 0 Å². The number of para-hydroxylation sites is 2. The Morgan fingerprint density at radius 3 is 2.53 bits per heavy atom. The predicted octanol–water partition coefficient (Wildman–Crippen LogP) is 4.87. The molecular formula is C26H21FN4O2S. The zero-order valence-electron chi connectivity index (χ0n) is 18.4. The fraction of sp³-hybridized carbons (Fsp3) is 0.154. The number of halogens is 1. The van der Waals surface area contributed by atoms with Crippen LogP contribution in [0, 0.1) is 24.1 Å². The van der Waals surface area contributed by atoms with Crippen LogP contribution in [0.4, 0.5) is 10.1 Å². The lowest BCUT2D eigenvalue weighted by Gasteiger charge is -2.22. The molecular weight excluding hydrogens is 451 g/mol. The summed E-state index contributed by atoms with van der Waals surface area (Å²) in [5, 5.41) is 9.90. The number of aryl methyl sites for hydroxylation is 1. The number of thioether (sulfide) groups is 1. The van der Waals surface area contributed by atoms with Crippen LogP contribution in [0.1, 0.15) is 12.0 Å². The van der Waals surface area contributed by atoms with Gasteiger partial charge < -0.3 is 4.90 Å². The summed E-state index contributed by atoms with van der Waals surface area (Å²) in [5.41, 5.74) is 2.43. The first-order valence-electron chi connectivity index (χ1n) is 10.6. The number of anilines is 1. The third-order valence-corrected chi connectivity index (χ3v) is 6.24. The SMILES string of the molecule is Cc1ccccc1-n1c(SCC(=O)N(CCC#N)c2ccc(F)cc2)nc2ccccc2c1=O. The van der Waals surface area contributed by atoms with Gasteiger partial charge in [-0.1, -0.05) is 42.1 Å². The first-order chi connectivity index (χ1) is 16.5. The summed E-state index contributed by atoms with van der Waals surface area (Å²) in [4.78, 5) is 32.7. The van der Waals surface area contributed by atoms with Gasteiger partial charge in [0.15, 0.2) is 5.16 Å². The number of rotatable bonds is 7. The van der Waals surface area contributed by atoms with Crippen LogP contribution in [-0.4, -0.2) is 27.8 Å². The fourth-order valence-electron chi connectivity index (χ4n) is 3.62. The van der Waals surface area contributed by atoms with Crippen molar-refractivity contribution in [3.8, 4) is 11.8 Å². The highest BCUT2D eigenvalue weighted by Crippen LogP contribution is 2.24. The van der Waals surface area contributed by atoms with Crippen molar-refractivity contribution >= 4 is 34.3 Å². The minimum Gasteiger partial charge on any atom is -0.311 e. The van der Waals surface area contributed by atoms with Gasteiger partial charge in [0.05, 0.1) is 34.8 Å². The summed E-state index contributed by atoms with van der Waals surface area (Å²) >= 11 is 1.15. The quantitative estimate of drug-likeness (QED) is 0.283. The molecule has 0 aliphatic carbocycles. The molecule has 0 aliphatic rings. The van der Waals surface area contributed by atoms with Crippen LogP contribution in [0.25, 0.3) is 16.6 Å². The molecule has 1 aromatic heterocycles. The number of nitrogens with zero attached hydrogens (tertiary/aromatic N) is 4. The first-order valence-corrected chi connectivity index (χ1v) is 11.6. The van der Waals surface area contributed by atoms with E-state index in [2.05, 4.69) is 4.98 Å². The summed E-state index contributed by atoms with van der Waals surface area (Å²) in [5.74, 6) is -0.696. The maximum atomic E-state index is 13.4. The molecule has 0 unspecified atom stereocenters. The largest absolute Gasteiger partial charge is 0.311 e. The van der Waals surface area contributed by atoms with Crippen molar-refractivity contribution in [1.29, 1.82) is 5.26 Å². The highest BCUT2D eigenvalue weighted by molar-refractivity contribution is 7.99. The number of hydrogen-bond acceptors (Lipinski definition) is 5. The minimum atomic E-state index is -0.409. The lowest BCUT2D eigenvalue weighted by atomic mass is 10.2. The summed E-state index contributed by atoms with van der Waals surface area (Å²) in [6.45, 7) is 2.09. The molecule has 3 aromatic carbocycles. The molecule has 170 valence electrons. The molecule has 0 saturated carbocycles. The topological polar surface area (TPSA) is 79.0 Å². The third-order valence-electron chi connectivity index (χ3n) is 5.31. The van der Waals surface area contributed by atoms with E-state index in [9.17, 15) is 14.0 Å². The van der Waals surface area contributed by atoms with E-state index in [-0.39, 0.29) is 30.2 Å². The van der Waals surface area contributed by atoms with E-state index in [1.165, 1.54) is 33.7 Å². The summed E-state index contributed by atoms with van der Waals surface area (Å²) in [7, 11) is 0. The monoisotopic (exact) mass is 472 g/mol. The van der Waals surface area contributed by atoms with Crippen LogP contribution in [0.3, 0.4) is 0 Å². The average Bonchev–Trinajstić information content (AvgIpc) is 2.85. The number of hydrogen-bond donors (Lipinski definition) is 0. The first kappa shape index (κ1) is 23.2. The van der Waals surface area contributed by atoms with E-state index in [0.717, 1.165) is 17.3 Å². The molecule has 6 nitrogen and oxygen atoms in total. The van der Waals surface area contributed by atoms with Gasteiger partial charge in [0, 0.05) is 12.2 Å². The van der Waals surface area contributed by atoms with Gasteiger partial charge >= 0.3 is 0 Å². The molecule has 0 atom stereocenters. The maximum absolute atomic E-state index is 13.4. The van der Waals surface area contributed by atoms with Crippen molar-refractivity contribution in [2.24, 2.45) is 0 Å². The number of aromatic nitrogens is 2. The number of amides is 1. The average molecular weight is 473 g/mol. The number of nitriles is 1. The predicted molar refractivity (Wildman–Crippen MR) is 132 cm³/mol. The highest BCUT2D eigenvalue weighted by Gasteiger charge is 2.20. The molecule has 1 heterocycles. The number of carbonyl (C=O) groups is 1. The zero-order chi connectivity index (χ0) is 24.1. The molecule has 4 rings (SSSR count). The van der Waals surface area contributed by atoms with Gasteiger partial charge in [0.1, 0.15) is 5.82 Å². The number of benzene rings is 3. The Labute approximate surface area is 200 Å². The van der Waals surface area contributed by atoms with Gasteiger partial charge in [0.25, 0.3) is 5.56 Å². The van der Waals surface area contributed by atoms with Crippen molar-refractivity contribution in [2.75, 3.05) is 17.2 Å². The Kier molecular flexibility index (Phi) is 7.04. The summed E-state index contributed by atoms with van der Waals surface area (Å²) < 4.78 is 14.9. The van der Waals surface area contributed by atoms with Crippen LogP contribution in [0.2, 0.25) is 0 Å². The number of fused-ring (bicyclic) bond motifs is 1. The van der Waals surface area contributed by atoms with Crippen molar-refractivity contribution in [2.45, 2.75) is 18.5 Å². The standard InChI is InChI=1S/C26H21FN4O2S/c1-18-7-2-5-10-23(18)31-25(33)21-8-3-4-9-22(21)29-26(31)34-17-24(32)30(16-6-15-28)20-13-11-19(27)12-14-20/h2-5,7-14H,6,16-17H2,1H3. The Morgan fingerprint density at radius 2 is 1.79 bits per heavy atom. The second-order valence-corrected chi connectivity index (χ2v) is 8.50. The van der Waals surface area contributed by atoms with Gasteiger partial charge in [-0.25, -0.2) is 9.37 Å². The van der Waals surface area contributed by atoms with E-state index in [4.69, 9.17) is 5.26 Å². The normalized spacial score (nSPS) is 10.7.